The van der Waals surface area contributed by atoms with Gasteiger partial charge >= 0.3 is 6.03 Å². The van der Waals surface area contributed by atoms with Gasteiger partial charge in [0.05, 0.1) is 12.0 Å². The highest BCUT2D eigenvalue weighted by molar-refractivity contribution is 7.89. The number of nitrogens with one attached hydrogen (secondary N) is 2. The lowest BCUT2D eigenvalue weighted by Crippen LogP contribution is -2.30. The maximum Gasteiger partial charge on any atom is 0.319 e. The summed E-state index contributed by atoms with van der Waals surface area (Å²) < 4.78 is 30.9. The molecule has 8 nitrogen and oxygen atoms in total. The van der Waals surface area contributed by atoms with Crippen molar-refractivity contribution in [1.29, 1.82) is 0 Å². The number of anilines is 1. The minimum atomic E-state index is -3.59. The molecule has 2 amide bonds. The molecule has 1 heterocycles. The van der Waals surface area contributed by atoms with Crippen molar-refractivity contribution in [3.63, 3.8) is 0 Å². The number of hydrogen-bond donors (Lipinski definition) is 2. The second-order valence-corrected chi connectivity index (χ2v) is 7.38. The number of rotatable bonds is 6. The summed E-state index contributed by atoms with van der Waals surface area (Å²) >= 11 is 0. The Morgan fingerprint density at radius 1 is 1.20 bits per heavy atom. The number of ether oxygens (including phenoxy) is 1. The summed E-state index contributed by atoms with van der Waals surface area (Å²) in [7, 11) is 0.777. The Labute approximate surface area is 146 Å². The third kappa shape index (κ3) is 4.46. The lowest BCUT2D eigenvalue weighted by molar-refractivity contribution is 0.251. The predicted octanol–water partition coefficient (Wildman–Crippen LogP) is 1.66. The van der Waals surface area contributed by atoms with Gasteiger partial charge in [-0.15, -0.1) is 0 Å². The molecule has 0 saturated carbocycles. The Balaban J connectivity index is 2.11. The SMILES string of the molecule is COc1ncccc1NC(=O)NCc1ccccc1S(=O)(=O)N(C)C. The fraction of sp³-hybridized carbons (Fsp3) is 0.250. The summed E-state index contributed by atoms with van der Waals surface area (Å²) in [6.45, 7) is 0.0532. The van der Waals surface area contributed by atoms with Gasteiger partial charge in [0.25, 0.3) is 0 Å². The van der Waals surface area contributed by atoms with E-state index in [1.54, 1.807) is 36.5 Å². The molecule has 1 aromatic carbocycles. The molecule has 0 aliphatic heterocycles. The summed E-state index contributed by atoms with van der Waals surface area (Å²) in [5.74, 6) is 0.285. The highest BCUT2D eigenvalue weighted by Gasteiger charge is 2.20. The summed E-state index contributed by atoms with van der Waals surface area (Å²) in [5.41, 5.74) is 0.904. The molecule has 0 atom stereocenters. The Morgan fingerprint density at radius 3 is 2.60 bits per heavy atom. The number of sulfonamides is 1. The van der Waals surface area contributed by atoms with E-state index in [4.69, 9.17) is 4.74 Å². The number of methoxy groups -OCH3 is 1. The first-order valence-corrected chi connectivity index (χ1v) is 8.84. The van der Waals surface area contributed by atoms with Crippen molar-refractivity contribution < 1.29 is 17.9 Å². The monoisotopic (exact) mass is 364 g/mol. The molecular formula is C16H20N4O4S. The molecule has 2 rings (SSSR count). The Kier molecular flexibility index (Phi) is 5.94. The van der Waals surface area contributed by atoms with Crippen LogP contribution in [0.3, 0.4) is 0 Å². The smallest absolute Gasteiger partial charge is 0.319 e. The fourth-order valence-corrected chi connectivity index (χ4v) is 3.20. The number of carbonyl (C=O) groups excluding carboxylic acids is 1. The fourth-order valence-electron chi connectivity index (χ4n) is 2.09. The van der Waals surface area contributed by atoms with Crippen LogP contribution < -0.4 is 15.4 Å². The molecule has 0 saturated heterocycles. The van der Waals surface area contributed by atoms with Crippen LogP contribution >= 0.6 is 0 Å². The van der Waals surface area contributed by atoms with Gasteiger partial charge in [-0.3, -0.25) is 0 Å². The van der Waals surface area contributed by atoms with Crippen LogP contribution in [0.15, 0.2) is 47.5 Å². The predicted molar refractivity (Wildman–Crippen MR) is 94.0 cm³/mol. The van der Waals surface area contributed by atoms with E-state index in [0.717, 1.165) is 4.31 Å². The summed E-state index contributed by atoms with van der Waals surface area (Å²) in [5, 5.41) is 5.25. The third-order valence-electron chi connectivity index (χ3n) is 3.38. The molecule has 0 aliphatic rings. The van der Waals surface area contributed by atoms with Crippen LogP contribution in [0.5, 0.6) is 5.88 Å². The van der Waals surface area contributed by atoms with Gasteiger partial charge in [-0.1, -0.05) is 18.2 Å². The standard InChI is InChI=1S/C16H20N4O4S/c1-20(2)25(22,23)14-9-5-4-7-12(14)11-18-16(21)19-13-8-6-10-17-15(13)24-3/h4-10H,11H2,1-3H3,(H2,18,19,21). The zero-order chi connectivity index (χ0) is 18.4. The lowest BCUT2D eigenvalue weighted by atomic mass is 10.2. The molecule has 0 fully saturated rings. The minimum Gasteiger partial charge on any atom is -0.480 e. The third-order valence-corrected chi connectivity index (χ3v) is 5.30. The molecule has 0 spiro atoms. The van der Waals surface area contributed by atoms with Crippen LogP contribution in [0.1, 0.15) is 5.56 Å². The highest BCUT2D eigenvalue weighted by Crippen LogP contribution is 2.20. The normalized spacial score (nSPS) is 11.2. The van der Waals surface area contributed by atoms with E-state index < -0.39 is 16.1 Å². The van der Waals surface area contributed by atoms with Crippen molar-refractivity contribution in [1.82, 2.24) is 14.6 Å². The van der Waals surface area contributed by atoms with Crippen molar-refractivity contribution in [3.05, 3.63) is 48.2 Å². The van der Waals surface area contributed by atoms with Gasteiger partial charge < -0.3 is 15.4 Å². The zero-order valence-electron chi connectivity index (χ0n) is 14.2. The topological polar surface area (TPSA) is 101 Å². The quantitative estimate of drug-likeness (QED) is 0.812. The van der Waals surface area contributed by atoms with Gasteiger partial charge in [0.1, 0.15) is 5.69 Å². The number of nitrogens with zero attached hydrogens (tertiary/aromatic N) is 2. The molecule has 2 aromatic rings. The maximum absolute atomic E-state index is 12.3. The lowest BCUT2D eigenvalue weighted by Gasteiger charge is -2.16. The number of benzene rings is 1. The van der Waals surface area contributed by atoms with Crippen LogP contribution in [-0.2, 0) is 16.6 Å². The Bertz CT molecular complexity index is 853. The average Bonchev–Trinajstić information content (AvgIpc) is 2.60. The van der Waals surface area contributed by atoms with Crippen molar-refractivity contribution >= 4 is 21.7 Å². The van der Waals surface area contributed by atoms with Crippen molar-refractivity contribution in [2.75, 3.05) is 26.5 Å². The second-order valence-electron chi connectivity index (χ2n) is 5.26. The molecule has 0 radical (unpaired) electrons. The van der Waals surface area contributed by atoms with E-state index >= 15 is 0 Å². The zero-order valence-corrected chi connectivity index (χ0v) is 15.0. The first kappa shape index (κ1) is 18.7. The molecule has 9 heteroatoms. The van der Waals surface area contributed by atoms with E-state index in [0.29, 0.717) is 11.3 Å². The van der Waals surface area contributed by atoms with Crippen LogP contribution in [-0.4, -0.2) is 44.9 Å². The van der Waals surface area contributed by atoms with E-state index in [-0.39, 0.29) is 17.3 Å². The number of aromatic nitrogens is 1. The second kappa shape index (κ2) is 7.95. The number of amides is 2. The van der Waals surface area contributed by atoms with Crippen LogP contribution in [0.4, 0.5) is 10.5 Å². The minimum absolute atomic E-state index is 0.0532. The Morgan fingerprint density at radius 2 is 1.92 bits per heavy atom. The van der Waals surface area contributed by atoms with Gasteiger partial charge in [0.15, 0.2) is 0 Å². The molecule has 25 heavy (non-hydrogen) atoms. The van der Waals surface area contributed by atoms with Gasteiger partial charge in [0, 0.05) is 26.8 Å². The van der Waals surface area contributed by atoms with E-state index in [1.807, 2.05) is 0 Å². The van der Waals surface area contributed by atoms with E-state index in [9.17, 15) is 13.2 Å². The van der Waals surface area contributed by atoms with Gasteiger partial charge in [0.2, 0.25) is 15.9 Å². The van der Waals surface area contributed by atoms with Crippen molar-refractivity contribution in [2.24, 2.45) is 0 Å². The Hall–Kier alpha value is -2.65. The summed E-state index contributed by atoms with van der Waals surface area (Å²) in [6.07, 6.45) is 1.55. The van der Waals surface area contributed by atoms with Crippen molar-refractivity contribution in [3.8, 4) is 5.88 Å². The van der Waals surface area contributed by atoms with Gasteiger partial charge in [-0.25, -0.2) is 22.5 Å². The number of pyridine rings is 1. The molecule has 134 valence electrons. The summed E-state index contributed by atoms with van der Waals surface area (Å²) in [4.78, 5) is 16.2. The molecular weight excluding hydrogens is 344 g/mol. The molecule has 0 unspecified atom stereocenters. The first-order chi connectivity index (χ1) is 11.9. The van der Waals surface area contributed by atoms with E-state index in [2.05, 4.69) is 15.6 Å². The largest absolute Gasteiger partial charge is 0.480 e. The summed E-state index contributed by atoms with van der Waals surface area (Å²) in [6, 6.07) is 9.33. The maximum atomic E-state index is 12.3. The van der Waals surface area contributed by atoms with Crippen LogP contribution in [0.25, 0.3) is 0 Å². The average molecular weight is 364 g/mol. The molecule has 2 N–H and O–H groups in total. The van der Waals surface area contributed by atoms with Gasteiger partial charge in [-0.2, -0.15) is 0 Å². The number of carbonyl (C=O) groups is 1. The number of urea groups is 1. The van der Waals surface area contributed by atoms with Crippen LogP contribution in [0.2, 0.25) is 0 Å². The molecule has 0 bridgehead atoms. The molecule has 1 aromatic heterocycles. The van der Waals surface area contributed by atoms with Crippen molar-refractivity contribution in [2.45, 2.75) is 11.4 Å². The first-order valence-electron chi connectivity index (χ1n) is 7.40. The highest BCUT2D eigenvalue weighted by atomic mass is 32.2. The van der Waals surface area contributed by atoms with Gasteiger partial charge in [-0.05, 0) is 23.8 Å². The number of hydrogen-bond acceptors (Lipinski definition) is 5. The molecule has 0 aliphatic carbocycles. The van der Waals surface area contributed by atoms with E-state index in [1.165, 1.54) is 27.3 Å². The van der Waals surface area contributed by atoms with Crippen LogP contribution in [0, 0.1) is 0 Å².